The molecule has 79 heavy (non-hydrogen) atoms. The molecule has 0 amide bonds. The Hall–Kier alpha value is -9.23. The third kappa shape index (κ3) is 8.17. The number of nitrogens with zero attached hydrogens (tertiary/aromatic N) is 4. The van der Waals surface area contributed by atoms with Crippen LogP contribution in [0.1, 0.15) is 26.3 Å². The SMILES string of the molecule is CC(C)(C)c1ccnc(-n2c3[c-]c(Oc4[c-]c(-n5[c-][n+](-c6c(-c7ccccc7)cccc6-c6ccccc6)c6ccccc65)ccc4)ccc3c3cc(-c4cc5c6c(c4)Oc4ccccc4B6c4ccccc4O5)ccc32)c1.[Pt]. The average molecular weight is 1200 g/mol. The van der Waals surface area contributed by atoms with Crippen molar-refractivity contribution in [2.45, 2.75) is 26.2 Å². The Balaban J connectivity index is 0.00000564. The topological polar surface area (TPSA) is 54.3 Å². The maximum absolute atomic E-state index is 6.80. The van der Waals surface area contributed by atoms with Crippen LogP contribution in [-0.2, 0) is 26.5 Å². The second-order valence-electron chi connectivity index (χ2n) is 21.1. The van der Waals surface area contributed by atoms with Gasteiger partial charge in [-0.25, -0.2) is 4.98 Å². The second-order valence-corrected chi connectivity index (χ2v) is 21.1. The molecule has 0 atom stereocenters. The Labute approximate surface area is 472 Å². The number of para-hydroxylation sites is 5. The molecular formula is C70H47BN4O3Pt-2. The Bertz CT molecular complexity index is 4420. The number of hydrogen-bond donors (Lipinski definition) is 0. The molecule has 0 fully saturated rings. The van der Waals surface area contributed by atoms with E-state index in [0.717, 1.165) is 123 Å². The van der Waals surface area contributed by atoms with Crippen molar-refractivity contribution >= 4 is 55.9 Å². The Kier molecular flexibility index (Phi) is 11.6. The normalized spacial score (nSPS) is 12.3. The van der Waals surface area contributed by atoms with Gasteiger partial charge in [0, 0.05) is 49.7 Å². The maximum atomic E-state index is 6.80. The molecule has 0 unspecified atom stereocenters. The number of imidazole rings is 1. The predicted molar refractivity (Wildman–Crippen MR) is 313 cm³/mol. The molecule has 3 aromatic heterocycles. The van der Waals surface area contributed by atoms with E-state index in [1.165, 1.54) is 5.56 Å². The largest absolute Gasteiger partial charge is 0.510 e. The van der Waals surface area contributed by atoms with Gasteiger partial charge in [0.15, 0.2) is 0 Å². The zero-order chi connectivity index (χ0) is 52.1. The number of rotatable bonds is 8. The van der Waals surface area contributed by atoms with Gasteiger partial charge in [-0.3, -0.25) is 4.57 Å². The molecule has 9 heteroatoms. The van der Waals surface area contributed by atoms with Crippen LogP contribution in [0.3, 0.4) is 0 Å². The van der Waals surface area contributed by atoms with Gasteiger partial charge >= 0.3 is 0 Å². The van der Waals surface area contributed by atoms with Crippen molar-refractivity contribution in [2.24, 2.45) is 0 Å². The van der Waals surface area contributed by atoms with Crippen LogP contribution in [0.4, 0.5) is 0 Å². The van der Waals surface area contributed by atoms with Gasteiger partial charge < -0.3 is 23.3 Å². The smallest absolute Gasteiger partial charge is 0.268 e. The van der Waals surface area contributed by atoms with Gasteiger partial charge in [0.05, 0.1) is 16.7 Å². The number of hydrogen-bond acceptors (Lipinski definition) is 4. The van der Waals surface area contributed by atoms with Gasteiger partial charge in [0.1, 0.15) is 28.8 Å². The van der Waals surface area contributed by atoms with Crippen LogP contribution in [-0.4, -0.2) is 20.8 Å². The number of pyridine rings is 1. The molecule has 0 saturated carbocycles. The average Bonchev–Trinajstić information content (AvgIpc) is 4.21. The minimum atomic E-state index is -0.101. The van der Waals surface area contributed by atoms with E-state index < -0.39 is 0 Å². The first-order valence-corrected chi connectivity index (χ1v) is 26.4. The van der Waals surface area contributed by atoms with Crippen molar-refractivity contribution in [1.82, 2.24) is 14.1 Å². The molecule has 0 bridgehead atoms. The molecule has 0 radical (unpaired) electrons. The first-order valence-electron chi connectivity index (χ1n) is 26.4. The zero-order valence-corrected chi connectivity index (χ0v) is 45.6. The molecular weight excluding hydrogens is 1150 g/mol. The summed E-state index contributed by atoms with van der Waals surface area (Å²) >= 11 is 0. The quantitative estimate of drug-likeness (QED) is 0.0864. The van der Waals surface area contributed by atoms with Crippen LogP contribution in [0.5, 0.6) is 34.5 Å². The van der Waals surface area contributed by atoms with Gasteiger partial charge in [-0.1, -0.05) is 178 Å². The fraction of sp³-hybridized carbons (Fsp3) is 0.0571. The molecule has 0 spiro atoms. The third-order valence-electron chi connectivity index (χ3n) is 15.3. The first-order chi connectivity index (χ1) is 38.3. The van der Waals surface area contributed by atoms with Crippen LogP contribution < -0.4 is 35.2 Å². The van der Waals surface area contributed by atoms with Gasteiger partial charge in [-0.15, -0.1) is 29.7 Å². The molecule has 13 aromatic rings. The third-order valence-corrected chi connectivity index (χ3v) is 15.3. The number of benzene rings is 10. The van der Waals surface area contributed by atoms with Crippen LogP contribution in [0.15, 0.2) is 231 Å². The van der Waals surface area contributed by atoms with Crippen LogP contribution in [0.2, 0.25) is 0 Å². The molecule has 0 saturated heterocycles. The first kappa shape index (κ1) is 48.2. The second kappa shape index (κ2) is 19.0. The molecule has 7 nitrogen and oxygen atoms in total. The fourth-order valence-electron chi connectivity index (χ4n) is 11.6. The van der Waals surface area contributed by atoms with E-state index in [-0.39, 0.29) is 33.2 Å². The van der Waals surface area contributed by atoms with Gasteiger partial charge in [0.25, 0.3) is 13.0 Å². The standard InChI is InChI=1S/C70H47BN4O3.Pt/c1-70(2,3)49-36-37-72-67(41-49)75-59-35-32-47(48-39-65-68-66(40-48)78-64-31-15-11-27-58(64)71(68)57-26-10-14-30-63(57)77-65)38-56(59)55-34-33-52(43-62(55)75)76-51-23-16-22-50(42-51)73-44-74(61-29-13-12-28-60(61)73)69-53(45-18-6-4-7-19-45)24-17-25-54(69)46-20-8-5-9-21-46;/h4-41H,1-3H3;/q-2;. The summed E-state index contributed by atoms with van der Waals surface area (Å²) in [5, 5.41) is 2.06. The van der Waals surface area contributed by atoms with Crippen molar-refractivity contribution in [2.75, 3.05) is 0 Å². The zero-order valence-electron chi connectivity index (χ0n) is 43.3. The fourth-order valence-corrected chi connectivity index (χ4v) is 11.6. The van der Waals surface area contributed by atoms with Crippen LogP contribution >= 0.6 is 0 Å². The number of ether oxygens (including phenoxy) is 3. The molecule has 10 aromatic carbocycles. The summed E-state index contributed by atoms with van der Waals surface area (Å²) in [6, 6.07) is 85.4. The van der Waals surface area contributed by atoms with E-state index in [1.54, 1.807) is 0 Å². The predicted octanol–water partition coefficient (Wildman–Crippen LogP) is 14.6. The molecule has 5 heterocycles. The van der Waals surface area contributed by atoms with Gasteiger partial charge in [-0.2, -0.15) is 18.2 Å². The van der Waals surface area contributed by atoms with Gasteiger partial charge in [-0.05, 0) is 109 Å². The minimum Gasteiger partial charge on any atom is -0.510 e. The summed E-state index contributed by atoms with van der Waals surface area (Å²) in [5.74, 6) is 5.21. The summed E-state index contributed by atoms with van der Waals surface area (Å²) in [7, 11) is 0. The molecule has 2 aliphatic heterocycles. The minimum absolute atomic E-state index is 0. The monoisotopic (exact) mass is 1200 g/mol. The Morgan fingerprint density at radius 1 is 0.519 bits per heavy atom. The molecule has 2 aliphatic rings. The molecule has 15 rings (SSSR count). The van der Waals surface area contributed by atoms with E-state index in [2.05, 4.69) is 241 Å². The Morgan fingerprint density at radius 2 is 1.15 bits per heavy atom. The summed E-state index contributed by atoms with van der Waals surface area (Å²) < 4.78 is 26.7. The van der Waals surface area contributed by atoms with Crippen molar-refractivity contribution in [1.29, 1.82) is 0 Å². The summed E-state index contributed by atoms with van der Waals surface area (Å²) in [6.07, 6.45) is 5.68. The van der Waals surface area contributed by atoms with Crippen molar-refractivity contribution in [3.8, 4) is 85.1 Å². The van der Waals surface area contributed by atoms with Crippen molar-refractivity contribution in [3.05, 3.63) is 255 Å². The van der Waals surface area contributed by atoms with E-state index in [9.17, 15) is 0 Å². The van der Waals surface area contributed by atoms with E-state index >= 15 is 0 Å². The molecule has 0 aliphatic carbocycles. The summed E-state index contributed by atoms with van der Waals surface area (Å²) in [6.45, 7) is 6.69. The Morgan fingerprint density at radius 3 is 1.85 bits per heavy atom. The van der Waals surface area contributed by atoms with E-state index in [4.69, 9.17) is 19.2 Å². The summed E-state index contributed by atoms with van der Waals surface area (Å²) in [4.78, 5) is 5.00. The summed E-state index contributed by atoms with van der Waals surface area (Å²) in [5.41, 5.74) is 16.5. The molecule has 0 N–H and O–H groups in total. The van der Waals surface area contributed by atoms with E-state index in [1.807, 2.05) is 42.6 Å². The molecule has 380 valence electrons. The van der Waals surface area contributed by atoms with Crippen LogP contribution in [0, 0.1) is 18.5 Å². The van der Waals surface area contributed by atoms with Gasteiger partial charge in [0.2, 0.25) is 0 Å². The van der Waals surface area contributed by atoms with Crippen LogP contribution in [0.25, 0.3) is 83.4 Å². The van der Waals surface area contributed by atoms with E-state index in [0.29, 0.717) is 11.5 Å². The number of fused-ring (bicyclic) bond motifs is 8. The maximum Gasteiger partial charge on any atom is 0.268 e. The van der Waals surface area contributed by atoms with Crippen molar-refractivity contribution in [3.63, 3.8) is 0 Å². The number of aromatic nitrogens is 4. The van der Waals surface area contributed by atoms with Crippen molar-refractivity contribution < 1.29 is 39.8 Å².